The zero-order valence-electron chi connectivity index (χ0n) is 9.04. The Hall–Kier alpha value is -0.930. The summed E-state index contributed by atoms with van der Waals surface area (Å²) in [6.07, 6.45) is 2.91. The van der Waals surface area contributed by atoms with E-state index in [1.807, 2.05) is 0 Å². The SMILES string of the molecule is Oc1ccc(Cl)c(CC2CCNCC2)c1O. The molecule has 1 heterocycles. The topological polar surface area (TPSA) is 52.5 Å². The highest BCUT2D eigenvalue weighted by atomic mass is 35.5. The van der Waals surface area contributed by atoms with Crippen molar-refractivity contribution in [3.63, 3.8) is 0 Å². The quantitative estimate of drug-likeness (QED) is 0.697. The smallest absolute Gasteiger partial charge is 0.162 e. The zero-order chi connectivity index (χ0) is 11.5. The number of rotatable bonds is 2. The number of hydrogen-bond donors (Lipinski definition) is 3. The van der Waals surface area contributed by atoms with Crippen LogP contribution in [0.4, 0.5) is 0 Å². The van der Waals surface area contributed by atoms with E-state index in [1.165, 1.54) is 6.07 Å². The van der Waals surface area contributed by atoms with Crippen LogP contribution in [-0.4, -0.2) is 23.3 Å². The third kappa shape index (κ3) is 2.42. The predicted octanol–water partition coefficient (Wildman–Crippen LogP) is 2.29. The second-order valence-corrected chi connectivity index (χ2v) is 4.70. The molecule has 1 aromatic rings. The lowest BCUT2D eigenvalue weighted by Gasteiger charge is -2.23. The summed E-state index contributed by atoms with van der Waals surface area (Å²) in [5.74, 6) is 0.380. The lowest BCUT2D eigenvalue weighted by atomic mass is 9.90. The Morgan fingerprint density at radius 1 is 1.25 bits per heavy atom. The summed E-state index contributed by atoms with van der Waals surface area (Å²) in [6.45, 7) is 2.03. The average Bonchev–Trinajstić information content (AvgIpc) is 2.31. The van der Waals surface area contributed by atoms with Crippen LogP contribution in [0.1, 0.15) is 18.4 Å². The van der Waals surface area contributed by atoms with Crippen LogP contribution in [0.3, 0.4) is 0 Å². The standard InChI is InChI=1S/C12H16ClNO2/c13-10-1-2-11(15)12(16)9(10)7-8-3-5-14-6-4-8/h1-2,8,14-16H,3-7H2. The Morgan fingerprint density at radius 3 is 2.62 bits per heavy atom. The van der Waals surface area contributed by atoms with Crippen molar-refractivity contribution >= 4 is 11.6 Å². The molecule has 0 radical (unpaired) electrons. The highest BCUT2D eigenvalue weighted by Gasteiger charge is 2.18. The molecule has 88 valence electrons. The fraction of sp³-hybridized carbons (Fsp3) is 0.500. The van der Waals surface area contributed by atoms with Crippen molar-refractivity contribution in [3.05, 3.63) is 22.7 Å². The van der Waals surface area contributed by atoms with Crippen molar-refractivity contribution in [1.29, 1.82) is 0 Å². The Kier molecular flexibility index (Phi) is 3.56. The van der Waals surface area contributed by atoms with Gasteiger partial charge < -0.3 is 15.5 Å². The largest absolute Gasteiger partial charge is 0.504 e. The molecule has 4 heteroatoms. The van der Waals surface area contributed by atoms with Crippen LogP contribution in [0.25, 0.3) is 0 Å². The first-order valence-electron chi connectivity index (χ1n) is 5.58. The minimum absolute atomic E-state index is 0.0639. The van der Waals surface area contributed by atoms with Gasteiger partial charge in [0, 0.05) is 10.6 Å². The zero-order valence-corrected chi connectivity index (χ0v) is 9.80. The molecule has 0 saturated carbocycles. The maximum atomic E-state index is 9.76. The molecule has 1 fully saturated rings. The maximum absolute atomic E-state index is 9.76. The molecule has 16 heavy (non-hydrogen) atoms. The number of phenols is 2. The molecule has 0 aromatic heterocycles. The molecule has 0 amide bonds. The molecule has 1 aliphatic rings. The van der Waals surface area contributed by atoms with Gasteiger partial charge >= 0.3 is 0 Å². The van der Waals surface area contributed by atoms with Crippen LogP contribution < -0.4 is 5.32 Å². The van der Waals surface area contributed by atoms with E-state index in [9.17, 15) is 10.2 Å². The van der Waals surface area contributed by atoms with Gasteiger partial charge in [0.25, 0.3) is 0 Å². The maximum Gasteiger partial charge on any atom is 0.162 e. The Morgan fingerprint density at radius 2 is 1.94 bits per heavy atom. The van der Waals surface area contributed by atoms with Crippen molar-refractivity contribution in [1.82, 2.24) is 5.32 Å². The molecule has 0 aliphatic carbocycles. The third-order valence-corrected chi connectivity index (χ3v) is 3.51. The average molecular weight is 242 g/mol. The van der Waals surface area contributed by atoms with Crippen LogP contribution in [-0.2, 0) is 6.42 Å². The lowest BCUT2D eigenvalue weighted by molar-refractivity contribution is 0.359. The van der Waals surface area contributed by atoms with Crippen molar-refractivity contribution in [3.8, 4) is 11.5 Å². The molecule has 3 nitrogen and oxygen atoms in total. The first-order valence-corrected chi connectivity index (χ1v) is 5.96. The monoisotopic (exact) mass is 241 g/mol. The fourth-order valence-corrected chi connectivity index (χ4v) is 2.40. The molecule has 0 atom stereocenters. The van der Waals surface area contributed by atoms with E-state index in [1.54, 1.807) is 6.07 Å². The van der Waals surface area contributed by atoms with E-state index in [4.69, 9.17) is 11.6 Å². The number of aromatic hydroxyl groups is 2. The second kappa shape index (κ2) is 4.93. The Balaban J connectivity index is 2.16. The number of nitrogens with one attached hydrogen (secondary N) is 1. The molecule has 0 spiro atoms. The van der Waals surface area contributed by atoms with Crippen LogP contribution >= 0.6 is 11.6 Å². The summed E-state index contributed by atoms with van der Waals surface area (Å²) >= 11 is 6.03. The second-order valence-electron chi connectivity index (χ2n) is 4.29. The van der Waals surface area contributed by atoms with Crippen molar-refractivity contribution in [2.75, 3.05) is 13.1 Å². The summed E-state index contributed by atoms with van der Waals surface area (Å²) in [7, 11) is 0. The highest BCUT2D eigenvalue weighted by Crippen LogP contribution is 2.36. The van der Waals surface area contributed by atoms with Gasteiger partial charge in [-0.25, -0.2) is 0 Å². The predicted molar refractivity (Wildman–Crippen MR) is 64.1 cm³/mol. The molecule has 0 unspecified atom stereocenters. The minimum atomic E-state index is -0.0895. The summed E-state index contributed by atoms with van der Waals surface area (Å²) in [5.41, 5.74) is 0.675. The normalized spacial score (nSPS) is 17.6. The summed E-state index contributed by atoms with van der Waals surface area (Å²) < 4.78 is 0. The Labute approximate surface area is 100 Å². The number of phenolic OH excluding ortho intramolecular Hbond substituents is 2. The van der Waals surface area contributed by atoms with Gasteiger partial charge in [-0.2, -0.15) is 0 Å². The van der Waals surface area contributed by atoms with E-state index in [-0.39, 0.29) is 11.5 Å². The van der Waals surface area contributed by atoms with Crippen LogP contribution in [0.2, 0.25) is 5.02 Å². The Bertz CT molecular complexity index is 376. The molecule has 1 saturated heterocycles. The third-order valence-electron chi connectivity index (χ3n) is 3.16. The van der Waals surface area contributed by atoms with Gasteiger partial charge in [-0.1, -0.05) is 11.6 Å². The van der Waals surface area contributed by atoms with E-state index in [0.717, 1.165) is 32.4 Å². The van der Waals surface area contributed by atoms with Gasteiger partial charge in [-0.3, -0.25) is 0 Å². The van der Waals surface area contributed by atoms with E-state index in [2.05, 4.69) is 5.32 Å². The molecule has 3 N–H and O–H groups in total. The van der Waals surface area contributed by atoms with Gasteiger partial charge in [0.05, 0.1) is 0 Å². The van der Waals surface area contributed by atoms with Crippen LogP contribution in [0.15, 0.2) is 12.1 Å². The number of benzene rings is 1. The first-order chi connectivity index (χ1) is 7.68. The van der Waals surface area contributed by atoms with Gasteiger partial charge in [0.15, 0.2) is 11.5 Å². The fourth-order valence-electron chi connectivity index (χ4n) is 2.17. The van der Waals surface area contributed by atoms with E-state index >= 15 is 0 Å². The summed E-state index contributed by atoms with van der Waals surface area (Å²) in [6, 6.07) is 3.05. The van der Waals surface area contributed by atoms with E-state index in [0.29, 0.717) is 16.5 Å². The number of piperidine rings is 1. The van der Waals surface area contributed by atoms with Crippen LogP contribution in [0, 0.1) is 5.92 Å². The molecular weight excluding hydrogens is 226 g/mol. The number of hydrogen-bond acceptors (Lipinski definition) is 3. The van der Waals surface area contributed by atoms with Crippen molar-refractivity contribution < 1.29 is 10.2 Å². The number of halogens is 1. The molecule has 2 rings (SSSR count). The first kappa shape index (κ1) is 11.6. The summed E-state index contributed by atoms with van der Waals surface area (Å²) in [4.78, 5) is 0. The lowest BCUT2D eigenvalue weighted by Crippen LogP contribution is -2.28. The highest BCUT2D eigenvalue weighted by molar-refractivity contribution is 6.31. The van der Waals surface area contributed by atoms with Gasteiger partial charge in [-0.15, -0.1) is 0 Å². The van der Waals surface area contributed by atoms with Gasteiger partial charge in [-0.05, 0) is 50.4 Å². The molecular formula is C12H16ClNO2. The van der Waals surface area contributed by atoms with Crippen LogP contribution in [0.5, 0.6) is 11.5 Å². The molecule has 1 aromatic carbocycles. The van der Waals surface area contributed by atoms with Gasteiger partial charge in [0.1, 0.15) is 0 Å². The van der Waals surface area contributed by atoms with Crippen molar-refractivity contribution in [2.45, 2.75) is 19.3 Å². The minimum Gasteiger partial charge on any atom is -0.504 e. The molecule has 1 aliphatic heterocycles. The molecule has 0 bridgehead atoms. The van der Waals surface area contributed by atoms with Gasteiger partial charge in [0.2, 0.25) is 0 Å². The van der Waals surface area contributed by atoms with Crippen molar-refractivity contribution in [2.24, 2.45) is 5.92 Å². The van der Waals surface area contributed by atoms with E-state index < -0.39 is 0 Å². The summed E-state index contributed by atoms with van der Waals surface area (Å²) in [5, 5.41) is 23.0.